The maximum Gasteiger partial charge on any atom is 0.410 e. The number of amidine groups is 1. The Morgan fingerprint density at radius 3 is 2.42 bits per heavy atom. The van der Waals surface area contributed by atoms with Crippen molar-refractivity contribution in [3.8, 4) is 22.1 Å². The highest BCUT2D eigenvalue weighted by molar-refractivity contribution is 7.14. The molecule has 2 aromatic carbocycles. The van der Waals surface area contributed by atoms with Gasteiger partial charge in [-0.05, 0) is 69.9 Å². The van der Waals surface area contributed by atoms with Crippen LogP contribution in [0.5, 0.6) is 11.5 Å². The maximum atomic E-state index is 12.6. The molecule has 2 N–H and O–H groups in total. The molecule has 2 aliphatic heterocycles. The van der Waals surface area contributed by atoms with Crippen LogP contribution in [0.1, 0.15) is 82.9 Å². The highest BCUT2D eigenvalue weighted by atomic mass is 32.1. The first-order chi connectivity index (χ1) is 21.3. The zero-order valence-electron chi connectivity index (χ0n) is 27.1. The molecule has 0 bridgehead atoms. The molecule has 11 heteroatoms. The molecule has 0 saturated carbocycles. The second kappa shape index (κ2) is 13.6. The maximum absolute atomic E-state index is 12.6. The number of carbonyl (C=O) groups excluding carboxylic acids is 2. The lowest BCUT2D eigenvalue weighted by Crippen LogP contribution is -2.42. The van der Waals surface area contributed by atoms with Crippen LogP contribution in [0.15, 0.2) is 47.5 Å². The molecule has 1 atom stereocenters. The monoisotopic (exact) mass is 632 g/mol. The normalized spacial score (nSPS) is 18.2. The van der Waals surface area contributed by atoms with E-state index in [1.54, 1.807) is 16.2 Å². The zero-order valence-corrected chi connectivity index (χ0v) is 27.9. The number of likely N-dealkylation sites (tertiary alicyclic amines) is 2. The third-order valence-electron chi connectivity index (χ3n) is 7.83. The van der Waals surface area contributed by atoms with Gasteiger partial charge in [0.05, 0.1) is 6.04 Å². The number of piperidine rings is 1. The van der Waals surface area contributed by atoms with Gasteiger partial charge in [0.1, 0.15) is 33.0 Å². The second-order valence-electron chi connectivity index (χ2n) is 13.3. The molecule has 5 rings (SSSR count). The average molecular weight is 633 g/mol. The van der Waals surface area contributed by atoms with Crippen LogP contribution in [-0.2, 0) is 16.1 Å². The van der Waals surface area contributed by atoms with Crippen LogP contribution in [-0.4, -0.2) is 69.1 Å². The fourth-order valence-electron chi connectivity index (χ4n) is 5.42. The summed E-state index contributed by atoms with van der Waals surface area (Å²) in [6.45, 7) is 14.2. The van der Waals surface area contributed by atoms with Gasteiger partial charge in [0, 0.05) is 55.2 Å². The molecular formula is C34H44N6O4S. The minimum absolute atomic E-state index is 0.000507. The van der Waals surface area contributed by atoms with E-state index in [9.17, 15) is 9.59 Å². The van der Waals surface area contributed by atoms with Crippen molar-refractivity contribution < 1.29 is 19.1 Å². The molecular weight excluding hydrogens is 588 g/mol. The zero-order chi connectivity index (χ0) is 32.3. The number of amides is 2. The van der Waals surface area contributed by atoms with Crippen LogP contribution in [0.4, 0.5) is 4.79 Å². The number of carbonyl (C=O) groups is 2. The van der Waals surface area contributed by atoms with Gasteiger partial charge >= 0.3 is 6.09 Å². The van der Waals surface area contributed by atoms with E-state index in [1.807, 2.05) is 68.1 Å². The Balaban J connectivity index is 1.33. The van der Waals surface area contributed by atoms with Gasteiger partial charge in [0.15, 0.2) is 0 Å². The first kappa shape index (κ1) is 32.4. The van der Waals surface area contributed by atoms with E-state index < -0.39 is 5.60 Å². The fraction of sp³-hybridized carbons (Fsp3) is 0.500. The van der Waals surface area contributed by atoms with Gasteiger partial charge in [0.25, 0.3) is 0 Å². The summed E-state index contributed by atoms with van der Waals surface area (Å²) in [6.07, 6.45) is 1.68. The molecule has 3 aromatic rings. The highest BCUT2D eigenvalue weighted by Gasteiger charge is 2.28. The Labute approximate surface area is 269 Å². The minimum Gasteiger partial charge on any atom is -0.457 e. The Morgan fingerprint density at radius 2 is 1.82 bits per heavy atom. The van der Waals surface area contributed by atoms with Crippen LogP contribution < -0.4 is 10.5 Å². The molecule has 2 amide bonds. The Morgan fingerprint density at radius 1 is 1.11 bits per heavy atom. The minimum atomic E-state index is -0.527. The summed E-state index contributed by atoms with van der Waals surface area (Å²) in [7, 11) is 0. The number of rotatable bonds is 8. The smallest absolute Gasteiger partial charge is 0.410 e. The molecule has 2 fully saturated rings. The van der Waals surface area contributed by atoms with Crippen molar-refractivity contribution in [2.24, 2.45) is 16.6 Å². The van der Waals surface area contributed by atoms with Gasteiger partial charge in [-0.1, -0.05) is 44.2 Å². The Bertz CT molecular complexity index is 1540. The Hall–Kier alpha value is -3.99. The van der Waals surface area contributed by atoms with Gasteiger partial charge < -0.3 is 25.0 Å². The summed E-state index contributed by atoms with van der Waals surface area (Å²) >= 11 is 1.59. The van der Waals surface area contributed by atoms with Gasteiger partial charge in [-0.15, -0.1) is 10.2 Å². The van der Waals surface area contributed by atoms with Crippen LogP contribution in [0.25, 0.3) is 10.6 Å². The number of hydrogen-bond donors (Lipinski definition) is 1. The second-order valence-corrected chi connectivity index (χ2v) is 14.4. The van der Waals surface area contributed by atoms with Crippen molar-refractivity contribution in [2.75, 3.05) is 19.6 Å². The van der Waals surface area contributed by atoms with E-state index in [2.05, 4.69) is 31.0 Å². The lowest BCUT2D eigenvalue weighted by Gasteiger charge is -2.32. The molecule has 1 aromatic heterocycles. The lowest BCUT2D eigenvalue weighted by atomic mass is 10.0. The number of aromatic nitrogens is 2. The van der Waals surface area contributed by atoms with Crippen molar-refractivity contribution in [2.45, 2.75) is 84.9 Å². The first-order valence-corrected chi connectivity index (χ1v) is 16.5. The summed E-state index contributed by atoms with van der Waals surface area (Å²) in [6, 6.07) is 13.6. The molecule has 0 spiro atoms. The number of hydrogen-bond acceptors (Lipinski definition) is 8. The number of ether oxygens (including phenoxy) is 2. The summed E-state index contributed by atoms with van der Waals surface area (Å²) in [5.41, 5.74) is 8.64. The topological polar surface area (TPSA) is 123 Å². The average Bonchev–Trinajstić information content (AvgIpc) is 3.60. The van der Waals surface area contributed by atoms with Crippen molar-refractivity contribution in [3.05, 3.63) is 58.6 Å². The molecule has 2 aliphatic rings. The fourth-order valence-corrected chi connectivity index (χ4v) is 6.27. The summed E-state index contributed by atoms with van der Waals surface area (Å²) < 4.78 is 12.0. The molecule has 0 radical (unpaired) electrons. The summed E-state index contributed by atoms with van der Waals surface area (Å²) in [5, 5.41) is 10.5. The molecule has 45 heavy (non-hydrogen) atoms. The summed E-state index contributed by atoms with van der Waals surface area (Å²) in [5.74, 6) is 2.52. The van der Waals surface area contributed by atoms with Gasteiger partial charge in [-0.2, -0.15) is 0 Å². The predicted molar refractivity (Wildman–Crippen MR) is 177 cm³/mol. The number of nitrogens with two attached hydrogens (primary N) is 1. The van der Waals surface area contributed by atoms with E-state index in [1.165, 1.54) is 0 Å². The third-order valence-corrected chi connectivity index (χ3v) is 9.11. The highest BCUT2D eigenvalue weighted by Crippen LogP contribution is 2.33. The lowest BCUT2D eigenvalue weighted by molar-refractivity contribution is -0.128. The summed E-state index contributed by atoms with van der Waals surface area (Å²) in [4.78, 5) is 33.5. The van der Waals surface area contributed by atoms with E-state index in [0.29, 0.717) is 68.1 Å². The van der Waals surface area contributed by atoms with Gasteiger partial charge in [-0.25, -0.2) is 4.79 Å². The van der Waals surface area contributed by atoms with Crippen molar-refractivity contribution in [3.63, 3.8) is 0 Å². The number of nitrogens with zero attached hydrogens (tertiary/aromatic N) is 5. The molecule has 10 nitrogen and oxygen atoms in total. The molecule has 2 saturated heterocycles. The Kier molecular flexibility index (Phi) is 9.76. The number of aliphatic imine (C=N–C) groups is 1. The molecule has 0 unspecified atom stereocenters. The van der Waals surface area contributed by atoms with Gasteiger partial charge in [-0.3, -0.25) is 9.79 Å². The van der Waals surface area contributed by atoms with Crippen LogP contribution >= 0.6 is 11.3 Å². The van der Waals surface area contributed by atoms with E-state index >= 15 is 0 Å². The third kappa shape index (κ3) is 8.39. The van der Waals surface area contributed by atoms with Crippen molar-refractivity contribution in [1.29, 1.82) is 0 Å². The molecule has 240 valence electrons. The molecule has 0 aliphatic carbocycles. The number of benzene rings is 2. The van der Waals surface area contributed by atoms with Gasteiger partial charge in [0.2, 0.25) is 5.91 Å². The van der Waals surface area contributed by atoms with Crippen molar-refractivity contribution >= 4 is 29.2 Å². The van der Waals surface area contributed by atoms with Crippen molar-refractivity contribution in [1.82, 2.24) is 20.0 Å². The van der Waals surface area contributed by atoms with E-state index in [-0.39, 0.29) is 18.0 Å². The first-order valence-electron chi connectivity index (χ1n) is 15.7. The standard InChI is InChI=1S/C34H44N6O4S/c1-21(2)31-37-38-32(45-31)23-9-11-27(12-10-23)43-28-18-24(7-8-25(28)20-40-19-22(3)17-29(40)41)30(35)36-26-13-15-39(16-14-26)33(42)44-34(4,5)6/h7-12,18,21-22,26H,13-17,19-20H2,1-6H3,(H2,35,36)/t22-/m0/s1. The van der Waals surface area contributed by atoms with E-state index in [4.69, 9.17) is 20.2 Å². The van der Waals surface area contributed by atoms with Crippen LogP contribution in [0.3, 0.4) is 0 Å². The largest absolute Gasteiger partial charge is 0.457 e. The van der Waals surface area contributed by atoms with Crippen LogP contribution in [0.2, 0.25) is 0 Å². The predicted octanol–water partition coefficient (Wildman–Crippen LogP) is 6.59. The molecule has 3 heterocycles. The van der Waals surface area contributed by atoms with Crippen LogP contribution in [0, 0.1) is 5.92 Å². The SMILES string of the molecule is CC(C)c1nnc(-c2ccc(Oc3cc(C(N)=NC4CCN(C(=O)OC(C)(C)C)CC4)ccc3CN3C[C@@H](C)CC3=O)cc2)s1. The quantitative estimate of drug-likeness (QED) is 0.219. The van der Waals surface area contributed by atoms with E-state index in [0.717, 1.165) is 33.3 Å².